The Balaban J connectivity index is 2.36. The number of halogens is 4. The number of rotatable bonds is 3. The van der Waals surface area contributed by atoms with Crippen molar-refractivity contribution in [3.05, 3.63) is 59.2 Å². The van der Waals surface area contributed by atoms with E-state index in [0.717, 1.165) is 24.3 Å². The quantitative estimate of drug-likeness (QED) is 0.867. The predicted octanol–water partition coefficient (Wildman–Crippen LogP) is 3.49. The molecule has 0 unspecified atom stereocenters. The molecule has 0 radical (unpaired) electrons. The lowest BCUT2D eigenvalue weighted by Crippen LogP contribution is -2.04. The van der Waals surface area contributed by atoms with Gasteiger partial charge in [0.15, 0.2) is 11.6 Å². The molecule has 0 atom stereocenters. The second kappa shape index (κ2) is 5.27. The van der Waals surface area contributed by atoms with E-state index in [2.05, 4.69) is 0 Å². The number of hydrogen-bond acceptors (Lipinski definition) is 2. The smallest absolute Gasteiger partial charge is 0.201 e. The summed E-state index contributed by atoms with van der Waals surface area (Å²) in [6.07, 6.45) is 0. The van der Waals surface area contributed by atoms with Crippen molar-refractivity contribution in [2.75, 3.05) is 0 Å². The van der Waals surface area contributed by atoms with Gasteiger partial charge in [-0.2, -0.15) is 4.39 Å². The third-order valence-corrected chi connectivity index (χ3v) is 2.46. The molecule has 0 saturated carbocycles. The fourth-order valence-corrected chi connectivity index (χ4v) is 1.52. The molecule has 2 aromatic rings. The van der Waals surface area contributed by atoms with E-state index < -0.39 is 29.0 Å². The van der Waals surface area contributed by atoms with Crippen molar-refractivity contribution in [3.63, 3.8) is 0 Å². The maximum absolute atomic E-state index is 13.4. The van der Waals surface area contributed by atoms with E-state index in [1.807, 2.05) is 0 Å². The van der Waals surface area contributed by atoms with Crippen LogP contribution in [-0.4, -0.2) is 0 Å². The van der Waals surface area contributed by atoms with Gasteiger partial charge in [-0.25, -0.2) is 13.2 Å². The maximum Gasteiger partial charge on any atom is 0.201 e. The molecule has 100 valence electrons. The molecule has 0 spiro atoms. The fourth-order valence-electron chi connectivity index (χ4n) is 1.52. The average molecular weight is 271 g/mol. The van der Waals surface area contributed by atoms with Gasteiger partial charge in [-0.15, -0.1) is 0 Å². The molecule has 0 aliphatic carbocycles. The molecule has 2 aromatic carbocycles. The topological polar surface area (TPSA) is 35.2 Å². The summed E-state index contributed by atoms with van der Waals surface area (Å²) in [4.78, 5) is 0. The molecule has 0 saturated heterocycles. The van der Waals surface area contributed by atoms with Crippen LogP contribution in [0.4, 0.5) is 17.6 Å². The van der Waals surface area contributed by atoms with E-state index in [1.54, 1.807) is 0 Å². The van der Waals surface area contributed by atoms with Gasteiger partial charge in [-0.05, 0) is 12.1 Å². The van der Waals surface area contributed by atoms with Gasteiger partial charge in [0.25, 0.3) is 0 Å². The van der Waals surface area contributed by atoms with Crippen LogP contribution in [0.5, 0.6) is 11.5 Å². The summed E-state index contributed by atoms with van der Waals surface area (Å²) in [5.41, 5.74) is 4.87. The molecule has 0 aliphatic heterocycles. The third-order valence-electron chi connectivity index (χ3n) is 2.46. The zero-order chi connectivity index (χ0) is 14.0. The second-order valence-corrected chi connectivity index (χ2v) is 3.72. The summed E-state index contributed by atoms with van der Waals surface area (Å²) in [6, 6.07) is 4.98. The summed E-state index contributed by atoms with van der Waals surface area (Å²) in [5, 5.41) is 0. The number of nitrogens with two attached hydrogens (primary N) is 1. The van der Waals surface area contributed by atoms with E-state index in [4.69, 9.17) is 10.5 Å². The Morgan fingerprint density at radius 1 is 0.947 bits per heavy atom. The molecule has 19 heavy (non-hydrogen) atoms. The standard InChI is InChI=1S/C13H9F4NO/c14-9-2-1-3-12(13(9)17)19-7-4-10(15)8(6-18)11(16)5-7/h1-5H,6,18H2. The van der Waals surface area contributed by atoms with Gasteiger partial charge in [0.05, 0.1) is 0 Å². The monoisotopic (exact) mass is 271 g/mol. The Morgan fingerprint density at radius 3 is 2.16 bits per heavy atom. The van der Waals surface area contributed by atoms with Crippen LogP contribution in [0.2, 0.25) is 0 Å². The van der Waals surface area contributed by atoms with Crippen molar-refractivity contribution in [1.82, 2.24) is 0 Å². The molecule has 0 aromatic heterocycles. The minimum absolute atomic E-state index is 0.281. The zero-order valence-corrected chi connectivity index (χ0v) is 9.59. The van der Waals surface area contributed by atoms with Crippen LogP contribution in [0.3, 0.4) is 0 Å². The van der Waals surface area contributed by atoms with E-state index in [9.17, 15) is 17.6 Å². The summed E-state index contributed by atoms with van der Waals surface area (Å²) in [6.45, 7) is -0.313. The first-order valence-electron chi connectivity index (χ1n) is 5.32. The molecule has 0 aliphatic rings. The van der Waals surface area contributed by atoms with E-state index in [1.165, 1.54) is 6.07 Å². The Bertz CT molecular complexity index is 593. The van der Waals surface area contributed by atoms with Crippen LogP contribution in [0, 0.1) is 23.3 Å². The highest BCUT2D eigenvalue weighted by molar-refractivity contribution is 5.35. The van der Waals surface area contributed by atoms with Crippen molar-refractivity contribution < 1.29 is 22.3 Å². The fraction of sp³-hybridized carbons (Fsp3) is 0.0769. The first-order chi connectivity index (χ1) is 9.02. The predicted molar refractivity (Wildman–Crippen MR) is 60.7 cm³/mol. The largest absolute Gasteiger partial charge is 0.454 e. The highest BCUT2D eigenvalue weighted by atomic mass is 19.2. The SMILES string of the molecule is NCc1c(F)cc(Oc2cccc(F)c2F)cc1F. The van der Waals surface area contributed by atoms with Crippen molar-refractivity contribution in [2.24, 2.45) is 5.73 Å². The van der Waals surface area contributed by atoms with Gasteiger partial charge in [0, 0.05) is 24.2 Å². The molecule has 0 fully saturated rings. The molecular weight excluding hydrogens is 262 g/mol. The lowest BCUT2D eigenvalue weighted by Gasteiger charge is -2.09. The number of benzene rings is 2. The van der Waals surface area contributed by atoms with Gasteiger partial charge in [0.1, 0.15) is 17.4 Å². The van der Waals surface area contributed by atoms with Gasteiger partial charge < -0.3 is 10.5 Å². The molecular formula is C13H9F4NO. The Labute approximate surface area is 106 Å². The lowest BCUT2D eigenvalue weighted by molar-refractivity contribution is 0.410. The minimum Gasteiger partial charge on any atom is -0.454 e. The van der Waals surface area contributed by atoms with Crippen LogP contribution in [0.15, 0.2) is 30.3 Å². The van der Waals surface area contributed by atoms with E-state index in [-0.39, 0.29) is 17.9 Å². The van der Waals surface area contributed by atoms with Crippen LogP contribution in [0.1, 0.15) is 5.56 Å². The molecule has 2 N–H and O–H groups in total. The number of ether oxygens (including phenoxy) is 1. The summed E-state index contributed by atoms with van der Waals surface area (Å²) < 4.78 is 58.0. The Morgan fingerprint density at radius 2 is 1.58 bits per heavy atom. The molecule has 2 nitrogen and oxygen atoms in total. The summed E-state index contributed by atoms with van der Waals surface area (Å²) in [5.74, 6) is -4.90. The summed E-state index contributed by atoms with van der Waals surface area (Å²) >= 11 is 0. The average Bonchev–Trinajstić information content (AvgIpc) is 2.35. The Hall–Kier alpha value is -2.08. The van der Waals surface area contributed by atoms with Crippen molar-refractivity contribution in [1.29, 1.82) is 0 Å². The van der Waals surface area contributed by atoms with E-state index >= 15 is 0 Å². The molecule has 0 amide bonds. The van der Waals surface area contributed by atoms with E-state index in [0.29, 0.717) is 0 Å². The highest BCUT2D eigenvalue weighted by Crippen LogP contribution is 2.28. The van der Waals surface area contributed by atoms with Crippen molar-refractivity contribution in [2.45, 2.75) is 6.54 Å². The highest BCUT2D eigenvalue weighted by Gasteiger charge is 2.14. The van der Waals surface area contributed by atoms with Gasteiger partial charge in [-0.1, -0.05) is 6.07 Å². The van der Waals surface area contributed by atoms with Crippen LogP contribution in [-0.2, 0) is 6.54 Å². The lowest BCUT2D eigenvalue weighted by atomic mass is 10.2. The molecule has 0 heterocycles. The van der Waals surface area contributed by atoms with Gasteiger partial charge in [-0.3, -0.25) is 0 Å². The third kappa shape index (κ3) is 2.68. The Kier molecular flexibility index (Phi) is 3.71. The zero-order valence-electron chi connectivity index (χ0n) is 9.59. The van der Waals surface area contributed by atoms with Crippen molar-refractivity contribution in [3.8, 4) is 11.5 Å². The minimum atomic E-state index is -1.23. The van der Waals surface area contributed by atoms with Crippen LogP contribution < -0.4 is 10.5 Å². The molecule has 0 bridgehead atoms. The summed E-state index contributed by atoms with van der Waals surface area (Å²) in [7, 11) is 0. The number of hydrogen-bond donors (Lipinski definition) is 1. The first-order valence-corrected chi connectivity index (χ1v) is 5.32. The molecule has 6 heteroatoms. The molecule has 2 rings (SSSR count). The van der Waals surface area contributed by atoms with Crippen LogP contribution in [0.25, 0.3) is 0 Å². The first kappa shape index (κ1) is 13.4. The second-order valence-electron chi connectivity index (χ2n) is 3.72. The van der Waals surface area contributed by atoms with Crippen LogP contribution >= 0.6 is 0 Å². The maximum atomic E-state index is 13.4. The normalized spacial score (nSPS) is 10.6. The van der Waals surface area contributed by atoms with Gasteiger partial charge >= 0.3 is 0 Å². The van der Waals surface area contributed by atoms with Gasteiger partial charge in [0.2, 0.25) is 5.82 Å². The van der Waals surface area contributed by atoms with Crippen molar-refractivity contribution >= 4 is 0 Å².